The minimum atomic E-state index is 0. The van der Waals surface area contributed by atoms with Gasteiger partial charge in [-0.3, -0.25) is 0 Å². The maximum Gasteiger partial charge on any atom is 1.00 e. The molecule has 0 atom stereocenters. The third-order valence-corrected chi connectivity index (χ3v) is 0. The SMILES string of the molecule is [Cu].[H-].[La].[Li+].[Pd]. The zero-order valence-electron chi connectivity index (χ0n) is 3.20. The number of hydrogen-bond donors (Lipinski definition) is 0. The summed E-state index contributed by atoms with van der Waals surface area (Å²) in [7, 11) is 0. The number of rotatable bonds is 0. The molecule has 0 rings (SSSR count). The molecule has 0 heterocycles. The van der Waals surface area contributed by atoms with Gasteiger partial charge in [-0.15, -0.1) is 0 Å². The molecule has 0 unspecified atom stereocenters. The van der Waals surface area contributed by atoms with Crippen LogP contribution in [0, 0.1) is 35.6 Å². The average Bonchev–Trinajstić information content (AvgIpc) is 0. The Bertz CT molecular complexity index is 11.6. The normalized spacial score (nSPS) is 0. The van der Waals surface area contributed by atoms with Gasteiger partial charge < -0.3 is 1.43 Å². The molecule has 4 heteroatoms. The Morgan fingerprint density at radius 1 is 1.25 bits per heavy atom. The third kappa shape index (κ3) is 8.88. The van der Waals surface area contributed by atoms with Gasteiger partial charge in [0.05, 0.1) is 0 Å². The van der Waals surface area contributed by atoms with Crippen LogP contribution >= 0.6 is 0 Å². The van der Waals surface area contributed by atoms with Crippen LogP contribution in [0.5, 0.6) is 0 Å². The summed E-state index contributed by atoms with van der Waals surface area (Å²) in [5, 5.41) is 0. The standard InChI is InChI=1S/Cu.La.Li.Pd.H/q;;+1;;-1. The fraction of sp³-hybridized carbons (Fsp3) is 0. The van der Waals surface area contributed by atoms with Gasteiger partial charge in [-0.25, -0.2) is 0 Å². The van der Waals surface area contributed by atoms with E-state index in [4.69, 9.17) is 0 Å². The molecule has 2 radical (unpaired) electrons. The van der Waals surface area contributed by atoms with Crippen molar-refractivity contribution in [3.05, 3.63) is 0 Å². The molecule has 0 amide bonds. The van der Waals surface area contributed by atoms with Crippen molar-refractivity contribution < 1.29 is 93.4 Å². The molecule has 0 aliphatic rings. The second-order valence-electron chi connectivity index (χ2n) is 0. The molecule has 0 fully saturated rings. The van der Waals surface area contributed by atoms with Crippen molar-refractivity contribution in [2.75, 3.05) is 0 Å². The van der Waals surface area contributed by atoms with E-state index in [2.05, 4.69) is 0 Å². The van der Waals surface area contributed by atoms with Crippen LogP contribution in [0.2, 0.25) is 0 Å². The van der Waals surface area contributed by atoms with Crippen molar-refractivity contribution in [3.63, 3.8) is 0 Å². The molecule has 0 saturated carbocycles. The van der Waals surface area contributed by atoms with E-state index in [1.165, 1.54) is 0 Å². The summed E-state index contributed by atoms with van der Waals surface area (Å²) in [5.74, 6) is 0. The van der Waals surface area contributed by atoms with Crippen LogP contribution in [0.15, 0.2) is 0 Å². The first-order valence-electron chi connectivity index (χ1n) is 0. The summed E-state index contributed by atoms with van der Waals surface area (Å²) in [5.41, 5.74) is 0. The predicted octanol–water partition coefficient (Wildman–Crippen LogP) is -2.89. The summed E-state index contributed by atoms with van der Waals surface area (Å²) >= 11 is 0. The average molecular weight is 317 g/mol. The minimum Gasteiger partial charge on any atom is -1.00 e. The maximum absolute atomic E-state index is 0. The van der Waals surface area contributed by atoms with E-state index in [0.717, 1.165) is 0 Å². The Morgan fingerprint density at radius 3 is 1.25 bits per heavy atom. The molecule has 0 N–H and O–H groups in total. The van der Waals surface area contributed by atoms with E-state index in [0.29, 0.717) is 0 Å². The van der Waals surface area contributed by atoms with Crippen LogP contribution in [-0.2, 0) is 37.5 Å². The fourth-order valence-electron chi connectivity index (χ4n) is 0. The molecule has 0 saturated heterocycles. The Labute approximate surface area is 91.6 Å². The molecule has 0 bridgehead atoms. The summed E-state index contributed by atoms with van der Waals surface area (Å²) in [6.45, 7) is 0. The van der Waals surface area contributed by atoms with Gasteiger partial charge in [-0.2, -0.15) is 0 Å². The van der Waals surface area contributed by atoms with Gasteiger partial charge in [0.25, 0.3) is 0 Å². The summed E-state index contributed by atoms with van der Waals surface area (Å²) < 4.78 is 0. The number of hydrogen-bond acceptors (Lipinski definition) is 0. The van der Waals surface area contributed by atoms with Crippen molar-refractivity contribution in [2.45, 2.75) is 0 Å². The largest absolute Gasteiger partial charge is 1.00 e. The zero-order chi connectivity index (χ0) is 0. The molecule has 26 valence electrons. The van der Waals surface area contributed by atoms with E-state index < -0.39 is 0 Å². The molecular weight excluding hydrogens is 316 g/mol. The molecule has 0 aromatic rings. The van der Waals surface area contributed by atoms with Crippen molar-refractivity contribution in [2.24, 2.45) is 0 Å². The first kappa shape index (κ1) is 28.1. The van der Waals surface area contributed by atoms with E-state index in [1.54, 1.807) is 0 Å². The smallest absolute Gasteiger partial charge is 1.00 e. The topological polar surface area (TPSA) is 0 Å². The second kappa shape index (κ2) is 16.7. The van der Waals surface area contributed by atoms with Crippen LogP contribution in [0.25, 0.3) is 0 Å². The van der Waals surface area contributed by atoms with E-state index in [1.807, 2.05) is 0 Å². The first-order chi connectivity index (χ1) is 0. The molecule has 0 aromatic carbocycles. The van der Waals surface area contributed by atoms with Crippen LogP contribution in [0.3, 0.4) is 0 Å². The summed E-state index contributed by atoms with van der Waals surface area (Å²) in [4.78, 5) is 0. The molecule has 0 aliphatic carbocycles. The van der Waals surface area contributed by atoms with E-state index >= 15 is 0 Å². The van der Waals surface area contributed by atoms with Crippen LogP contribution in [-0.4, -0.2) is 0 Å². The second-order valence-corrected chi connectivity index (χ2v) is 0. The Balaban J connectivity index is 0. The summed E-state index contributed by atoms with van der Waals surface area (Å²) in [6.07, 6.45) is 0. The van der Waals surface area contributed by atoms with Crippen molar-refractivity contribution in [3.8, 4) is 0 Å². The van der Waals surface area contributed by atoms with Crippen LogP contribution < -0.4 is 18.9 Å². The van der Waals surface area contributed by atoms with Crippen molar-refractivity contribution in [1.29, 1.82) is 0 Å². The van der Waals surface area contributed by atoms with Gasteiger partial charge in [0.1, 0.15) is 0 Å². The van der Waals surface area contributed by atoms with E-state index in [9.17, 15) is 0 Å². The van der Waals surface area contributed by atoms with Crippen LogP contribution in [0.4, 0.5) is 0 Å². The Hall–Kier alpha value is 2.97. The molecule has 0 aromatic heterocycles. The van der Waals surface area contributed by atoms with Gasteiger partial charge in [-0.05, 0) is 0 Å². The predicted molar refractivity (Wildman–Crippen MR) is 1.11 cm³/mol. The molecule has 4 heavy (non-hydrogen) atoms. The van der Waals surface area contributed by atoms with Crippen LogP contribution in [0.1, 0.15) is 1.43 Å². The zero-order valence-corrected chi connectivity index (χ0v) is 8.32. The first-order valence-corrected chi connectivity index (χ1v) is 0. The Kier molecular flexibility index (Phi) is 118. The van der Waals surface area contributed by atoms with Crippen molar-refractivity contribution >= 4 is 0 Å². The van der Waals surface area contributed by atoms with Gasteiger partial charge in [0, 0.05) is 73.1 Å². The quantitative estimate of drug-likeness (QED) is 0.421. The maximum atomic E-state index is 0. The van der Waals surface area contributed by atoms with Gasteiger partial charge in [0.2, 0.25) is 0 Å². The summed E-state index contributed by atoms with van der Waals surface area (Å²) in [6, 6.07) is 0. The third-order valence-electron chi connectivity index (χ3n) is 0. The minimum absolute atomic E-state index is 0. The Morgan fingerprint density at radius 2 is 1.25 bits per heavy atom. The molecule has 0 spiro atoms. The monoisotopic (exact) mass is 316 g/mol. The van der Waals surface area contributed by atoms with Gasteiger partial charge in [-0.1, -0.05) is 0 Å². The van der Waals surface area contributed by atoms with Gasteiger partial charge in [0.15, 0.2) is 0 Å². The van der Waals surface area contributed by atoms with Gasteiger partial charge >= 0.3 is 18.9 Å². The molecular formula is HCuLaLiPd. The van der Waals surface area contributed by atoms with E-state index in [-0.39, 0.29) is 93.4 Å². The van der Waals surface area contributed by atoms with Crippen molar-refractivity contribution in [1.82, 2.24) is 0 Å². The molecule has 0 nitrogen and oxygen atoms in total. The fourth-order valence-corrected chi connectivity index (χ4v) is 0. The molecule has 0 aliphatic heterocycles.